The van der Waals surface area contributed by atoms with Gasteiger partial charge in [-0.05, 0) is 37.8 Å². The van der Waals surface area contributed by atoms with Gasteiger partial charge in [0.2, 0.25) is 0 Å². The van der Waals surface area contributed by atoms with Crippen LogP contribution >= 0.6 is 0 Å². The zero-order valence-corrected chi connectivity index (χ0v) is 13.8. The van der Waals surface area contributed by atoms with Crippen LogP contribution in [0.25, 0.3) is 0 Å². The highest BCUT2D eigenvalue weighted by Gasteiger charge is 2.23. The fraction of sp³-hybridized carbons (Fsp3) is 0.412. The van der Waals surface area contributed by atoms with Gasteiger partial charge in [-0.3, -0.25) is 9.59 Å². The van der Waals surface area contributed by atoms with E-state index in [2.05, 4.69) is 22.4 Å². The van der Waals surface area contributed by atoms with Crippen LogP contribution in [0.3, 0.4) is 0 Å². The molecule has 3 rings (SSSR count). The maximum Gasteiger partial charge on any atom is 0.275 e. The number of hydrogen-bond donors (Lipinski definition) is 1. The van der Waals surface area contributed by atoms with E-state index in [1.54, 1.807) is 36.1 Å². The Labute approximate surface area is 140 Å². The second-order valence-corrected chi connectivity index (χ2v) is 6.18. The maximum atomic E-state index is 12.6. The van der Waals surface area contributed by atoms with Gasteiger partial charge in [0.1, 0.15) is 17.1 Å². The van der Waals surface area contributed by atoms with Crippen LogP contribution in [0, 0.1) is 12.8 Å². The Kier molecular flexibility index (Phi) is 4.59. The van der Waals surface area contributed by atoms with Gasteiger partial charge in [-0.25, -0.2) is 4.98 Å². The molecule has 0 spiro atoms. The van der Waals surface area contributed by atoms with E-state index in [9.17, 15) is 9.59 Å². The van der Waals surface area contributed by atoms with Crippen LogP contribution in [0.4, 0.5) is 5.82 Å². The molecule has 126 valence electrons. The molecule has 24 heavy (non-hydrogen) atoms. The number of piperidine rings is 1. The molecule has 1 saturated heterocycles. The highest BCUT2D eigenvalue weighted by atomic mass is 16.5. The van der Waals surface area contributed by atoms with Crippen molar-refractivity contribution in [2.75, 3.05) is 18.4 Å². The first-order valence-corrected chi connectivity index (χ1v) is 8.04. The van der Waals surface area contributed by atoms with Crippen molar-refractivity contribution in [3.05, 3.63) is 41.4 Å². The largest absolute Gasteiger partial charge is 0.360 e. The number of rotatable bonds is 3. The molecule has 1 aliphatic heterocycles. The number of likely N-dealkylation sites (tertiary alicyclic amines) is 1. The molecule has 1 fully saturated rings. The van der Waals surface area contributed by atoms with Gasteiger partial charge in [-0.1, -0.05) is 18.1 Å². The van der Waals surface area contributed by atoms with E-state index in [0.717, 1.165) is 25.9 Å². The summed E-state index contributed by atoms with van der Waals surface area (Å²) in [5.41, 5.74) is 0.458. The van der Waals surface area contributed by atoms with Gasteiger partial charge in [0.25, 0.3) is 11.8 Å². The normalized spacial score (nSPS) is 17.6. The topological polar surface area (TPSA) is 88.3 Å². The summed E-state index contributed by atoms with van der Waals surface area (Å²) in [6.45, 7) is 5.34. The first kappa shape index (κ1) is 16.2. The van der Waals surface area contributed by atoms with E-state index >= 15 is 0 Å². The van der Waals surface area contributed by atoms with Crippen molar-refractivity contribution in [1.82, 2.24) is 15.0 Å². The molecule has 0 aromatic carbocycles. The number of aromatic nitrogens is 2. The van der Waals surface area contributed by atoms with Crippen molar-refractivity contribution in [2.45, 2.75) is 26.7 Å². The molecule has 7 nitrogen and oxygen atoms in total. The zero-order valence-electron chi connectivity index (χ0n) is 13.8. The minimum absolute atomic E-state index is 0.131. The van der Waals surface area contributed by atoms with Crippen molar-refractivity contribution < 1.29 is 14.1 Å². The molecule has 2 aromatic heterocycles. The molecule has 0 bridgehead atoms. The van der Waals surface area contributed by atoms with Crippen molar-refractivity contribution in [1.29, 1.82) is 0 Å². The van der Waals surface area contributed by atoms with E-state index < -0.39 is 5.91 Å². The predicted molar refractivity (Wildman–Crippen MR) is 87.7 cm³/mol. The average molecular weight is 328 g/mol. The van der Waals surface area contributed by atoms with Gasteiger partial charge in [0.05, 0.1) is 0 Å². The summed E-state index contributed by atoms with van der Waals surface area (Å²) in [7, 11) is 0. The van der Waals surface area contributed by atoms with Crippen LogP contribution in [-0.4, -0.2) is 39.9 Å². The van der Waals surface area contributed by atoms with Crippen molar-refractivity contribution >= 4 is 17.6 Å². The lowest BCUT2D eigenvalue weighted by molar-refractivity contribution is 0.0677. The lowest BCUT2D eigenvalue weighted by atomic mass is 10.00. The fourth-order valence-electron chi connectivity index (χ4n) is 2.82. The first-order valence-electron chi connectivity index (χ1n) is 8.04. The Hall–Kier alpha value is -2.70. The van der Waals surface area contributed by atoms with E-state index in [0.29, 0.717) is 17.5 Å². The van der Waals surface area contributed by atoms with Crippen LogP contribution in [0.15, 0.2) is 28.8 Å². The minimum Gasteiger partial charge on any atom is -0.360 e. The second-order valence-electron chi connectivity index (χ2n) is 6.18. The molecule has 1 N–H and O–H groups in total. The maximum absolute atomic E-state index is 12.6. The van der Waals surface area contributed by atoms with Crippen LogP contribution in [0.5, 0.6) is 0 Å². The Morgan fingerprint density at radius 2 is 2.12 bits per heavy atom. The molecule has 0 aliphatic carbocycles. The summed E-state index contributed by atoms with van der Waals surface area (Å²) in [4.78, 5) is 30.9. The molecule has 7 heteroatoms. The number of amides is 2. The minimum atomic E-state index is -0.426. The second kappa shape index (κ2) is 6.82. The third-order valence-electron chi connectivity index (χ3n) is 4.01. The molecule has 3 heterocycles. The highest BCUT2D eigenvalue weighted by molar-refractivity contribution is 6.03. The fourth-order valence-corrected chi connectivity index (χ4v) is 2.82. The number of carbonyl (C=O) groups excluding carboxylic acids is 2. The van der Waals surface area contributed by atoms with Crippen molar-refractivity contribution in [3.8, 4) is 0 Å². The van der Waals surface area contributed by atoms with Crippen molar-refractivity contribution in [2.24, 2.45) is 5.92 Å². The van der Waals surface area contributed by atoms with Gasteiger partial charge in [-0.2, -0.15) is 0 Å². The molecular weight excluding hydrogens is 308 g/mol. The SMILES string of the molecule is Cc1cc(NC(=O)c2cccc(C(=O)N3CCCC(C)C3)n2)no1. The quantitative estimate of drug-likeness (QED) is 0.935. The lowest BCUT2D eigenvalue weighted by Gasteiger charge is -2.30. The summed E-state index contributed by atoms with van der Waals surface area (Å²) in [5, 5.41) is 6.31. The standard InChI is InChI=1S/C17H20N4O3/c1-11-5-4-8-21(10-11)17(23)14-7-3-6-13(18-14)16(22)19-15-9-12(2)24-20-15/h3,6-7,9,11H,4-5,8,10H2,1-2H3,(H,19,20,22). The number of anilines is 1. The van der Waals surface area contributed by atoms with Crippen LogP contribution < -0.4 is 5.32 Å². The molecule has 2 aromatic rings. The Balaban J connectivity index is 1.73. The summed E-state index contributed by atoms with van der Waals surface area (Å²) in [5.74, 6) is 0.852. The van der Waals surface area contributed by atoms with E-state index in [1.807, 2.05) is 0 Å². The Bertz CT molecular complexity index is 756. The summed E-state index contributed by atoms with van der Waals surface area (Å²) in [6.07, 6.45) is 2.13. The molecule has 1 unspecified atom stereocenters. The van der Waals surface area contributed by atoms with Crippen LogP contribution in [-0.2, 0) is 0 Å². The van der Waals surface area contributed by atoms with E-state index in [4.69, 9.17) is 4.52 Å². The number of nitrogens with one attached hydrogen (secondary N) is 1. The van der Waals surface area contributed by atoms with Crippen LogP contribution in [0.1, 0.15) is 46.5 Å². The predicted octanol–water partition coefficient (Wildman–Crippen LogP) is 2.50. The van der Waals surface area contributed by atoms with Gasteiger partial charge < -0.3 is 14.7 Å². The van der Waals surface area contributed by atoms with Gasteiger partial charge in [-0.15, -0.1) is 0 Å². The third-order valence-corrected chi connectivity index (χ3v) is 4.01. The van der Waals surface area contributed by atoms with Crippen molar-refractivity contribution in [3.63, 3.8) is 0 Å². The lowest BCUT2D eigenvalue weighted by Crippen LogP contribution is -2.39. The Morgan fingerprint density at radius 1 is 1.33 bits per heavy atom. The van der Waals surface area contributed by atoms with Crippen LogP contribution in [0.2, 0.25) is 0 Å². The number of hydrogen-bond acceptors (Lipinski definition) is 5. The van der Waals surface area contributed by atoms with Gasteiger partial charge in [0, 0.05) is 19.2 Å². The molecule has 2 amide bonds. The van der Waals surface area contributed by atoms with E-state index in [-0.39, 0.29) is 17.3 Å². The summed E-state index contributed by atoms with van der Waals surface area (Å²) in [6, 6.07) is 6.48. The zero-order chi connectivity index (χ0) is 17.1. The first-order chi connectivity index (χ1) is 11.5. The van der Waals surface area contributed by atoms with Gasteiger partial charge in [0.15, 0.2) is 5.82 Å². The third kappa shape index (κ3) is 3.61. The molecular formula is C17H20N4O3. The monoisotopic (exact) mass is 328 g/mol. The highest BCUT2D eigenvalue weighted by Crippen LogP contribution is 2.17. The smallest absolute Gasteiger partial charge is 0.275 e. The molecule has 0 radical (unpaired) electrons. The number of pyridine rings is 1. The summed E-state index contributed by atoms with van der Waals surface area (Å²) < 4.78 is 4.91. The molecule has 0 saturated carbocycles. The van der Waals surface area contributed by atoms with E-state index in [1.165, 1.54) is 0 Å². The number of aryl methyl sites for hydroxylation is 1. The average Bonchev–Trinajstić information content (AvgIpc) is 2.99. The number of carbonyl (C=O) groups is 2. The number of nitrogens with zero attached hydrogens (tertiary/aromatic N) is 3. The van der Waals surface area contributed by atoms with Gasteiger partial charge >= 0.3 is 0 Å². The summed E-state index contributed by atoms with van der Waals surface area (Å²) >= 11 is 0. The molecule has 1 atom stereocenters. The molecule has 1 aliphatic rings. The Morgan fingerprint density at radius 3 is 2.83 bits per heavy atom.